The number of anilines is 3. The second-order valence-corrected chi connectivity index (χ2v) is 5.51. The molecule has 1 aromatic heterocycles. The number of aliphatic hydroxyl groups excluding tert-OH is 1. The second-order valence-electron chi connectivity index (χ2n) is 4.66. The predicted octanol–water partition coefficient (Wildman–Crippen LogP) is 2.71. The Morgan fingerprint density at radius 1 is 1.29 bits per heavy atom. The highest BCUT2D eigenvalue weighted by molar-refractivity contribution is 9.10. The van der Waals surface area contributed by atoms with Gasteiger partial charge in [0.05, 0.1) is 16.8 Å². The third-order valence-electron chi connectivity index (χ3n) is 2.86. The second kappa shape index (κ2) is 6.73. The summed E-state index contributed by atoms with van der Waals surface area (Å²) in [5.74, 6) is 0.770. The van der Waals surface area contributed by atoms with E-state index in [4.69, 9.17) is 10.5 Å². The quantitative estimate of drug-likeness (QED) is 0.716. The van der Waals surface area contributed by atoms with Crippen LogP contribution in [-0.2, 0) is 0 Å². The standard InChI is InChI=1S/C14H17BrN4O2/c1-8(20)9(2)21-13-12(15)7-17-14(19-13)18-11-5-3-10(16)4-6-11/h3-9,20H,16H2,1-2H3,(H,17,18,19)/t8-,9-/m1/s1. The van der Waals surface area contributed by atoms with E-state index in [1.165, 1.54) is 0 Å². The first-order chi connectivity index (χ1) is 9.95. The van der Waals surface area contributed by atoms with Gasteiger partial charge in [-0.3, -0.25) is 0 Å². The van der Waals surface area contributed by atoms with Crippen molar-refractivity contribution in [2.24, 2.45) is 0 Å². The van der Waals surface area contributed by atoms with E-state index in [1.807, 2.05) is 12.1 Å². The lowest BCUT2D eigenvalue weighted by Gasteiger charge is -2.17. The molecule has 0 spiro atoms. The third-order valence-corrected chi connectivity index (χ3v) is 3.40. The van der Waals surface area contributed by atoms with Crippen molar-refractivity contribution in [1.82, 2.24) is 9.97 Å². The number of ether oxygens (including phenoxy) is 1. The van der Waals surface area contributed by atoms with Crippen LogP contribution in [0, 0.1) is 0 Å². The third kappa shape index (κ3) is 4.30. The summed E-state index contributed by atoms with van der Waals surface area (Å²) >= 11 is 3.33. The first kappa shape index (κ1) is 15.5. The molecule has 0 unspecified atom stereocenters. The summed E-state index contributed by atoms with van der Waals surface area (Å²) in [6, 6.07) is 7.24. The number of hydrogen-bond acceptors (Lipinski definition) is 6. The van der Waals surface area contributed by atoms with Gasteiger partial charge in [0.15, 0.2) is 0 Å². The van der Waals surface area contributed by atoms with E-state index in [1.54, 1.807) is 32.2 Å². The molecule has 7 heteroatoms. The lowest BCUT2D eigenvalue weighted by molar-refractivity contribution is 0.0569. The zero-order valence-corrected chi connectivity index (χ0v) is 13.3. The van der Waals surface area contributed by atoms with Gasteiger partial charge in [-0.1, -0.05) is 0 Å². The maximum atomic E-state index is 9.49. The van der Waals surface area contributed by atoms with Gasteiger partial charge in [-0.15, -0.1) is 0 Å². The van der Waals surface area contributed by atoms with Crippen LogP contribution >= 0.6 is 15.9 Å². The zero-order valence-electron chi connectivity index (χ0n) is 11.7. The highest BCUT2D eigenvalue weighted by atomic mass is 79.9. The first-order valence-electron chi connectivity index (χ1n) is 6.45. The number of aromatic nitrogens is 2. The van der Waals surface area contributed by atoms with Crippen molar-refractivity contribution >= 4 is 33.3 Å². The lowest BCUT2D eigenvalue weighted by atomic mass is 10.3. The predicted molar refractivity (Wildman–Crippen MR) is 85.6 cm³/mol. The Morgan fingerprint density at radius 2 is 1.95 bits per heavy atom. The number of benzene rings is 1. The zero-order chi connectivity index (χ0) is 15.4. The lowest BCUT2D eigenvalue weighted by Crippen LogP contribution is -2.26. The molecule has 6 nitrogen and oxygen atoms in total. The van der Waals surface area contributed by atoms with Crippen LogP contribution in [0.15, 0.2) is 34.9 Å². The van der Waals surface area contributed by atoms with Gasteiger partial charge in [0.1, 0.15) is 6.10 Å². The molecule has 0 bridgehead atoms. The van der Waals surface area contributed by atoms with Gasteiger partial charge in [0, 0.05) is 11.4 Å². The summed E-state index contributed by atoms with van der Waals surface area (Å²) in [6.45, 7) is 3.43. The van der Waals surface area contributed by atoms with Crippen LogP contribution in [0.5, 0.6) is 5.88 Å². The SMILES string of the molecule is C[C@@H](O)[C@@H](C)Oc1nc(Nc2ccc(N)cc2)ncc1Br. The maximum absolute atomic E-state index is 9.49. The minimum Gasteiger partial charge on any atom is -0.471 e. The molecule has 1 heterocycles. The molecule has 0 fully saturated rings. The number of hydrogen-bond donors (Lipinski definition) is 3. The highest BCUT2D eigenvalue weighted by Crippen LogP contribution is 2.25. The molecule has 0 amide bonds. The summed E-state index contributed by atoms with van der Waals surface area (Å²) in [4.78, 5) is 8.44. The van der Waals surface area contributed by atoms with E-state index < -0.39 is 6.10 Å². The van der Waals surface area contributed by atoms with E-state index in [2.05, 4.69) is 31.2 Å². The first-order valence-corrected chi connectivity index (χ1v) is 7.25. The van der Waals surface area contributed by atoms with Gasteiger partial charge in [0.25, 0.3) is 0 Å². The fourth-order valence-corrected chi connectivity index (χ4v) is 1.75. The molecule has 0 aliphatic heterocycles. The smallest absolute Gasteiger partial charge is 0.233 e. The molecule has 4 N–H and O–H groups in total. The largest absolute Gasteiger partial charge is 0.471 e. The molecule has 0 radical (unpaired) electrons. The maximum Gasteiger partial charge on any atom is 0.233 e. The number of aliphatic hydroxyl groups is 1. The van der Waals surface area contributed by atoms with Crippen molar-refractivity contribution < 1.29 is 9.84 Å². The Hall–Kier alpha value is -1.86. The average molecular weight is 353 g/mol. The number of nitrogens with two attached hydrogens (primary N) is 1. The molecule has 1 aromatic carbocycles. The van der Waals surface area contributed by atoms with Crippen molar-refractivity contribution in [3.63, 3.8) is 0 Å². The number of nitrogens with zero attached hydrogens (tertiary/aromatic N) is 2. The van der Waals surface area contributed by atoms with Crippen molar-refractivity contribution in [1.29, 1.82) is 0 Å². The van der Waals surface area contributed by atoms with Crippen molar-refractivity contribution in [3.05, 3.63) is 34.9 Å². The van der Waals surface area contributed by atoms with E-state index in [9.17, 15) is 5.11 Å². The van der Waals surface area contributed by atoms with E-state index >= 15 is 0 Å². The van der Waals surface area contributed by atoms with Gasteiger partial charge in [-0.25, -0.2) is 4.98 Å². The highest BCUT2D eigenvalue weighted by Gasteiger charge is 2.14. The van der Waals surface area contributed by atoms with Crippen LogP contribution in [0.1, 0.15) is 13.8 Å². The van der Waals surface area contributed by atoms with E-state index in [-0.39, 0.29) is 6.10 Å². The molecule has 0 saturated carbocycles. The molecule has 2 atom stereocenters. The average Bonchev–Trinajstić information content (AvgIpc) is 2.45. The summed E-state index contributed by atoms with van der Waals surface area (Å²) < 4.78 is 6.22. The summed E-state index contributed by atoms with van der Waals surface area (Å²) in [7, 11) is 0. The fraction of sp³-hybridized carbons (Fsp3) is 0.286. The van der Waals surface area contributed by atoms with E-state index in [0.717, 1.165) is 5.69 Å². The van der Waals surface area contributed by atoms with Crippen LogP contribution in [0.3, 0.4) is 0 Å². The minimum atomic E-state index is -0.597. The molecular weight excluding hydrogens is 336 g/mol. The topological polar surface area (TPSA) is 93.3 Å². The van der Waals surface area contributed by atoms with Crippen molar-refractivity contribution in [2.75, 3.05) is 11.1 Å². The molecule has 21 heavy (non-hydrogen) atoms. The van der Waals surface area contributed by atoms with Crippen LogP contribution in [0.4, 0.5) is 17.3 Å². The monoisotopic (exact) mass is 352 g/mol. The number of nitrogens with one attached hydrogen (secondary N) is 1. The van der Waals surface area contributed by atoms with Gasteiger partial charge >= 0.3 is 0 Å². The normalized spacial score (nSPS) is 13.5. The Bertz CT molecular complexity index is 604. The summed E-state index contributed by atoms with van der Waals surface area (Å²) in [5.41, 5.74) is 7.15. The summed E-state index contributed by atoms with van der Waals surface area (Å²) in [6.07, 6.45) is 0.623. The molecule has 2 rings (SSSR count). The number of halogens is 1. The van der Waals surface area contributed by atoms with Crippen molar-refractivity contribution in [2.45, 2.75) is 26.1 Å². The Labute approximate surface area is 131 Å². The van der Waals surface area contributed by atoms with Crippen LogP contribution in [-0.4, -0.2) is 27.3 Å². The molecular formula is C14H17BrN4O2. The number of rotatable bonds is 5. The molecule has 2 aromatic rings. The van der Waals surface area contributed by atoms with Crippen LogP contribution in [0.25, 0.3) is 0 Å². The Kier molecular flexibility index (Phi) is 4.98. The van der Waals surface area contributed by atoms with Crippen LogP contribution < -0.4 is 15.8 Å². The summed E-state index contributed by atoms with van der Waals surface area (Å²) in [5, 5.41) is 12.6. The Morgan fingerprint density at radius 3 is 2.57 bits per heavy atom. The Balaban J connectivity index is 2.16. The van der Waals surface area contributed by atoms with Gasteiger partial charge in [-0.2, -0.15) is 4.98 Å². The fourth-order valence-electron chi connectivity index (χ4n) is 1.46. The molecule has 0 aliphatic carbocycles. The van der Waals surface area contributed by atoms with Crippen molar-refractivity contribution in [3.8, 4) is 5.88 Å². The molecule has 0 saturated heterocycles. The number of nitrogen functional groups attached to an aromatic ring is 1. The minimum absolute atomic E-state index is 0.372. The van der Waals surface area contributed by atoms with Crippen LogP contribution in [0.2, 0.25) is 0 Å². The van der Waals surface area contributed by atoms with E-state index in [0.29, 0.717) is 22.0 Å². The van der Waals surface area contributed by atoms with Gasteiger partial charge in [0.2, 0.25) is 11.8 Å². The van der Waals surface area contributed by atoms with Gasteiger partial charge in [-0.05, 0) is 54.0 Å². The van der Waals surface area contributed by atoms with Gasteiger partial charge < -0.3 is 20.9 Å². The molecule has 112 valence electrons. The molecule has 0 aliphatic rings.